The van der Waals surface area contributed by atoms with Crippen molar-refractivity contribution < 1.29 is 14.7 Å². The van der Waals surface area contributed by atoms with Crippen LogP contribution < -0.4 is 0 Å². The molecule has 3 heterocycles. The first-order valence-electron chi connectivity index (χ1n) is 5.20. The molecule has 7 heteroatoms. The number of aliphatic carboxylic acids is 1. The maximum atomic E-state index is 11.9. The fourth-order valence-corrected chi connectivity index (χ4v) is 3.08. The van der Waals surface area contributed by atoms with Crippen molar-refractivity contribution in [3.8, 4) is 0 Å². The standard InChI is InChI=1S/C11H9N3O3S/c1-13-4-6(3-12-13)2-7-9(15)14-8(11(16)17)5-18-10(7)14/h2-5,10H,1H3,(H,16,17)/b7-2+/t10-/m0/s1. The van der Waals surface area contributed by atoms with Crippen molar-refractivity contribution in [3.63, 3.8) is 0 Å². The summed E-state index contributed by atoms with van der Waals surface area (Å²) < 4.78 is 1.65. The molecule has 0 unspecified atom stereocenters. The highest BCUT2D eigenvalue weighted by molar-refractivity contribution is 8.03. The van der Waals surface area contributed by atoms with E-state index >= 15 is 0 Å². The predicted molar refractivity (Wildman–Crippen MR) is 65.1 cm³/mol. The quantitative estimate of drug-likeness (QED) is 0.626. The molecule has 0 saturated carbocycles. The molecule has 1 amide bonds. The average Bonchev–Trinajstić information content (AvgIpc) is 2.89. The van der Waals surface area contributed by atoms with Crippen molar-refractivity contribution >= 4 is 29.7 Å². The van der Waals surface area contributed by atoms with Crippen molar-refractivity contribution in [1.29, 1.82) is 0 Å². The molecular formula is C11H9N3O3S. The van der Waals surface area contributed by atoms with Gasteiger partial charge in [-0.3, -0.25) is 14.4 Å². The summed E-state index contributed by atoms with van der Waals surface area (Å²) in [6.45, 7) is 0. The van der Waals surface area contributed by atoms with Crippen molar-refractivity contribution in [2.75, 3.05) is 0 Å². The van der Waals surface area contributed by atoms with Gasteiger partial charge < -0.3 is 5.11 Å². The number of fused-ring (bicyclic) bond motifs is 1. The van der Waals surface area contributed by atoms with Crippen molar-refractivity contribution in [2.24, 2.45) is 7.05 Å². The predicted octanol–water partition coefficient (Wildman–Crippen LogP) is 0.645. The zero-order valence-electron chi connectivity index (χ0n) is 9.40. The first kappa shape index (κ1) is 11.1. The van der Waals surface area contributed by atoms with Crippen LogP contribution in [0.5, 0.6) is 0 Å². The number of aromatic nitrogens is 2. The van der Waals surface area contributed by atoms with Crippen LogP contribution in [0.4, 0.5) is 0 Å². The van der Waals surface area contributed by atoms with Crippen LogP contribution in [0.3, 0.4) is 0 Å². The number of carbonyl (C=O) groups excluding carboxylic acids is 1. The molecule has 1 N–H and O–H groups in total. The lowest BCUT2D eigenvalue weighted by Crippen LogP contribution is -2.51. The number of rotatable bonds is 2. The van der Waals surface area contributed by atoms with Gasteiger partial charge in [-0.2, -0.15) is 5.10 Å². The number of amides is 1. The fourth-order valence-electron chi connectivity index (χ4n) is 1.96. The van der Waals surface area contributed by atoms with Gasteiger partial charge in [0.15, 0.2) is 0 Å². The van der Waals surface area contributed by atoms with E-state index in [0.29, 0.717) is 5.57 Å². The second-order valence-corrected chi connectivity index (χ2v) is 4.97. The Morgan fingerprint density at radius 1 is 1.61 bits per heavy atom. The van der Waals surface area contributed by atoms with Crippen LogP contribution in [0.25, 0.3) is 6.08 Å². The number of carboxylic acid groups (broad SMARTS) is 1. The largest absolute Gasteiger partial charge is 0.477 e. The summed E-state index contributed by atoms with van der Waals surface area (Å²) in [6.07, 6.45) is 5.21. The number of thioether (sulfide) groups is 1. The van der Waals surface area contributed by atoms with Gasteiger partial charge in [0, 0.05) is 24.2 Å². The molecule has 1 atom stereocenters. The molecule has 1 aromatic rings. The van der Waals surface area contributed by atoms with E-state index in [9.17, 15) is 9.59 Å². The molecule has 0 radical (unpaired) electrons. The van der Waals surface area contributed by atoms with Gasteiger partial charge in [-0.1, -0.05) is 0 Å². The Morgan fingerprint density at radius 3 is 3.00 bits per heavy atom. The van der Waals surface area contributed by atoms with E-state index in [4.69, 9.17) is 5.11 Å². The summed E-state index contributed by atoms with van der Waals surface area (Å²) in [4.78, 5) is 24.1. The van der Waals surface area contributed by atoms with Crippen LogP contribution in [0.1, 0.15) is 5.56 Å². The molecule has 1 saturated heterocycles. The van der Waals surface area contributed by atoms with E-state index in [-0.39, 0.29) is 17.0 Å². The van der Waals surface area contributed by atoms with E-state index in [1.165, 1.54) is 22.1 Å². The van der Waals surface area contributed by atoms with Crippen molar-refractivity contribution in [3.05, 3.63) is 34.6 Å². The van der Waals surface area contributed by atoms with Gasteiger partial charge in [0.2, 0.25) is 0 Å². The molecule has 1 aromatic heterocycles. The number of aryl methyl sites for hydroxylation is 1. The minimum Gasteiger partial charge on any atom is -0.477 e. The highest BCUT2D eigenvalue weighted by Gasteiger charge is 2.49. The fraction of sp³-hybridized carbons (Fsp3) is 0.182. The van der Waals surface area contributed by atoms with Gasteiger partial charge in [0.25, 0.3) is 5.91 Å². The van der Waals surface area contributed by atoms with Gasteiger partial charge in [-0.25, -0.2) is 4.79 Å². The maximum Gasteiger partial charge on any atom is 0.353 e. The van der Waals surface area contributed by atoms with Crippen LogP contribution >= 0.6 is 11.8 Å². The second-order valence-electron chi connectivity index (χ2n) is 4.02. The lowest BCUT2D eigenvalue weighted by Gasteiger charge is -2.37. The zero-order chi connectivity index (χ0) is 12.9. The minimum atomic E-state index is -1.07. The van der Waals surface area contributed by atoms with Gasteiger partial charge in [0.05, 0.1) is 11.8 Å². The zero-order valence-corrected chi connectivity index (χ0v) is 10.2. The van der Waals surface area contributed by atoms with E-state index in [2.05, 4.69) is 5.10 Å². The molecule has 1 fully saturated rings. The number of hydrogen-bond acceptors (Lipinski definition) is 4. The van der Waals surface area contributed by atoms with Gasteiger partial charge in [-0.15, -0.1) is 11.8 Å². The Labute approximate surface area is 107 Å². The minimum absolute atomic E-state index is 0.0540. The molecule has 3 rings (SSSR count). The third-order valence-electron chi connectivity index (χ3n) is 2.80. The van der Waals surface area contributed by atoms with Crippen LogP contribution in [-0.2, 0) is 16.6 Å². The maximum absolute atomic E-state index is 11.9. The lowest BCUT2D eigenvalue weighted by molar-refractivity contribution is -0.141. The molecule has 18 heavy (non-hydrogen) atoms. The number of carboxylic acids is 1. The lowest BCUT2D eigenvalue weighted by atomic mass is 10.0. The molecule has 0 bridgehead atoms. The van der Waals surface area contributed by atoms with Gasteiger partial charge in [-0.05, 0) is 6.08 Å². The normalized spacial score (nSPS) is 23.9. The van der Waals surface area contributed by atoms with E-state index in [0.717, 1.165) is 5.56 Å². The SMILES string of the molecule is Cn1cc(/C=C2\C(=O)N3C(C(=O)O)=CS[C@@H]23)cn1. The van der Waals surface area contributed by atoms with E-state index in [1.54, 1.807) is 30.2 Å². The van der Waals surface area contributed by atoms with Crippen molar-refractivity contribution in [1.82, 2.24) is 14.7 Å². The van der Waals surface area contributed by atoms with Crippen LogP contribution in [-0.4, -0.2) is 37.0 Å². The summed E-state index contributed by atoms with van der Waals surface area (Å²) in [5, 5.41) is 14.2. The third kappa shape index (κ3) is 1.47. The second kappa shape index (κ2) is 3.74. The van der Waals surface area contributed by atoms with E-state index < -0.39 is 5.97 Å². The summed E-state index contributed by atoms with van der Waals surface area (Å²) in [5.41, 5.74) is 1.50. The van der Waals surface area contributed by atoms with Crippen LogP contribution in [0, 0.1) is 0 Å². The smallest absolute Gasteiger partial charge is 0.353 e. The first-order valence-corrected chi connectivity index (χ1v) is 6.15. The van der Waals surface area contributed by atoms with Crippen LogP contribution in [0.2, 0.25) is 0 Å². The number of β-lactam (4-membered cyclic amide) rings is 1. The monoisotopic (exact) mass is 263 g/mol. The topological polar surface area (TPSA) is 75.4 Å². The average molecular weight is 263 g/mol. The highest BCUT2D eigenvalue weighted by Crippen LogP contribution is 2.44. The first-order chi connectivity index (χ1) is 8.58. The molecular weight excluding hydrogens is 254 g/mol. The Hall–Kier alpha value is -2.02. The Bertz CT molecular complexity index is 617. The Kier molecular flexibility index (Phi) is 2.30. The molecule has 0 aromatic carbocycles. The molecule has 0 aliphatic carbocycles. The molecule has 0 spiro atoms. The van der Waals surface area contributed by atoms with Crippen molar-refractivity contribution in [2.45, 2.75) is 5.37 Å². The highest BCUT2D eigenvalue weighted by atomic mass is 32.2. The Balaban J connectivity index is 1.86. The summed E-state index contributed by atoms with van der Waals surface area (Å²) >= 11 is 1.33. The summed E-state index contributed by atoms with van der Waals surface area (Å²) in [6, 6.07) is 0. The van der Waals surface area contributed by atoms with E-state index in [1.807, 2.05) is 0 Å². The van der Waals surface area contributed by atoms with Crippen LogP contribution in [0.15, 0.2) is 29.1 Å². The van der Waals surface area contributed by atoms with Gasteiger partial charge >= 0.3 is 5.97 Å². The number of nitrogens with zero attached hydrogens (tertiary/aromatic N) is 3. The molecule has 92 valence electrons. The van der Waals surface area contributed by atoms with Gasteiger partial charge in [0.1, 0.15) is 11.1 Å². The summed E-state index contributed by atoms with van der Waals surface area (Å²) in [5.74, 6) is -1.32. The molecule has 6 nitrogen and oxygen atoms in total. The Morgan fingerprint density at radius 2 is 2.39 bits per heavy atom. The third-order valence-corrected chi connectivity index (χ3v) is 3.88. The molecule has 2 aliphatic heterocycles. The summed E-state index contributed by atoms with van der Waals surface area (Å²) in [7, 11) is 1.80. The molecule has 2 aliphatic rings. The number of hydrogen-bond donors (Lipinski definition) is 1. The number of carbonyl (C=O) groups is 2.